The average Bonchev–Trinajstić information content (AvgIpc) is 3.05. The van der Waals surface area contributed by atoms with E-state index >= 15 is 0 Å². The number of nitrogens with zero attached hydrogens (tertiary/aromatic N) is 2. The van der Waals surface area contributed by atoms with E-state index in [0.29, 0.717) is 26.8 Å². The van der Waals surface area contributed by atoms with Gasteiger partial charge in [-0.3, -0.25) is 13.9 Å². The molecule has 0 spiro atoms. The maximum absolute atomic E-state index is 14.5. The first-order chi connectivity index (χ1) is 22.7. The first-order valence-electron chi connectivity index (χ1n) is 15.0. The summed E-state index contributed by atoms with van der Waals surface area (Å²) < 4.78 is 71.1. The fraction of sp³-hybridized carbons (Fsp3) is 0.257. The molecule has 4 rings (SSSR count). The summed E-state index contributed by atoms with van der Waals surface area (Å²) in [7, 11) is -4.65. The van der Waals surface area contributed by atoms with Gasteiger partial charge < -0.3 is 10.2 Å². The van der Waals surface area contributed by atoms with Gasteiger partial charge in [0.05, 0.1) is 21.2 Å². The van der Waals surface area contributed by atoms with Crippen molar-refractivity contribution in [3.05, 3.63) is 129 Å². The smallest absolute Gasteiger partial charge is 0.352 e. The third-order valence-corrected chi connectivity index (χ3v) is 10.3. The summed E-state index contributed by atoms with van der Waals surface area (Å²) in [6.45, 7) is 2.65. The number of hydrogen-bond donors (Lipinski definition) is 1. The lowest BCUT2D eigenvalue weighted by molar-refractivity contribution is -0.140. The molecule has 4 aromatic carbocycles. The van der Waals surface area contributed by atoms with Crippen LogP contribution in [0.25, 0.3) is 0 Å². The van der Waals surface area contributed by atoms with Crippen LogP contribution in [0.15, 0.2) is 112 Å². The SMILES string of the molecule is CC[C@@H](C)NC(=O)[C@H](Cc1ccccc1)N(Cc1cccc(Br)c1)C(=O)CN(c1cc(C(F)(F)F)ccc1Cl)S(=O)(=O)c1ccccc1. The van der Waals surface area contributed by atoms with Crippen LogP contribution >= 0.6 is 27.5 Å². The molecule has 0 unspecified atom stereocenters. The minimum atomic E-state index is -4.83. The van der Waals surface area contributed by atoms with Gasteiger partial charge in [0.1, 0.15) is 12.6 Å². The molecule has 7 nitrogen and oxygen atoms in total. The van der Waals surface area contributed by atoms with E-state index in [1.54, 1.807) is 54.6 Å². The molecule has 0 fully saturated rings. The van der Waals surface area contributed by atoms with E-state index < -0.39 is 51.9 Å². The molecule has 0 aliphatic carbocycles. The van der Waals surface area contributed by atoms with Crippen molar-refractivity contribution in [3.8, 4) is 0 Å². The monoisotopic (exact) mass is 763 g/mol. The molecule has 0 aliphatic rings. The maximum Gasteiger partial charge on any atom is 0.416 e. The zero-order valence-corrected chi connectivity index (χ0v) is 29.3. The van der Waals surface area contributed by atoms with Crippen molar-refractivity contribution in [2.24, 2.45) is 0 Å². The Balaban J connectivity index is 1.87. The molecule has 0 aromatic heterocycles. The molecule has 0 radical (unpaired) electrons. The van der Waals surface area contributed by atoms with Gasteiger partial charge in [-0.25, -0.2) is 8.42 Å². The molecule has 4 aromatic rings. The summed E-state index contributed by atoms with van der Waals surface area (Å²) in [6.07, 6.45) is -4.13. The Bertz CT molecular complexity index is 1830. The molecule has 1 N–H and O–H groups in total. The number of anilines is 1. The van der Waals surface area contributed by atoms with Crippen LogP contribution in [0.4, 0.5) is 18.9 Å². The Morgan fingerprint density at radius 3 is 2.12 bits per heavy atom. The van der Waals surface area contributed by atoms with Crippen molar-refractivity contribution in [2.45, 2.75) is 56.4 Å². The topological polar surface area (TPSA) is 86.8 Å². The summed E-state index contributed by atoms with van der Waals surface area (Å²) >= 11 is 9.80. The summed E-state index contributed by atoms with van der Waals surface area (Å²) in [5.41, 5.74) is -0.316. The Kier molecular flexibility index (Phi) is 12.3. The van der Waals surface area contributed by atoms with Crippen molar-refractivity contribution in [1.29, 1.82) is 0 Å². The van der Waals surface area contributed by atoms with E-state index in [0.717, 1.165) is 17.7 Å². The molecule has 13 heteroatoms. The minimum Gasteiger partial charge on any atom is -0.352 e. The van der Waals surface area contributed by atoms with Gasteiger partial charge in [0.2, 0.25) is 11.8 Å². The van der Waals surface area contributed by atoms with Crippen LogP contribution < -0.4 is 9.62 Å². The zero-order chi connectivity index (χ0) is 35.1. The Labute approximate surface area is 291 Å². The zero-order valence-electron chi connectivity index (χ0n) is 26.1. The fourth-order valence-corrected chi connectivity index (χ4v) is 7.10. The first kappa shape index (κ1) is 37.0. The number of nitrogens with one attached hydrogen (secondary N) is 1. The van der Waals surface area contributed by atoms with Gasteiger partial charge in [0.15, 0.2) is 0 Å². The fourth-order valence-electron chi connectivity index (χ4n) is 4.94. The Morgan fingerprint density at radius 2 is 1.52 bits per heavy atom. The summed E-state index contributed by atoms with van der Waals surface area (Å²) in [4.78, 5) is 29.5. The number of hydrogen-bond acceptors (Lipinski definition) is 4. The van der Waals surface area contributed by atoms with E-state index in [9.17, 15) is 31.2 Å². The summed E-state index contributed by atoms with van der Waals surface area (Å²) in [6, 6.07) is 24.0. The van der Waals surface area contributed by atoms with Crippen molar-refractivity contribution < 1.29 is 31.2 Å². The molecule has 0 heterocycles. The van der Waals surface area contributed by atoms with E-state index in [4.69, 9.17) is 11.6 Å². The van der Waals surface area contributed by atoms with Crippen LogP contribution in [-0.2, 0) is 38.8 Å². The number of carbonyl (C=O) groups is 2. The van der Waals surface area contributed by atoms with Crippen molar-refractivity contribution >= 4 is 55.1 Å². The number of halogens is 5. The average molecular weight is 765 g/mol. The van der Waals surface area contributed by atoms with Gasteiger partial charge in [-0.05, 0) is 66.9 Å². The molecule has 0 saturated carbocycles. The predicted octanol–water partition coefficient (Wildman–Crippen LogP) is 7.87. The number of alkyl halides is 3. The highest BCUT2D eigenvalue weighted by Gasteiger charge is 2.37. The highest BCUT2D eigenvalue weighted by Crippen LogP contribution is 2.37. The second kappa shape index (κ2) is 16.0. The third-order valence-electron chi connectivity index (χ3n) is 7.67. The van der Waals surface area contributed by atoms with Gasteiger partial charge >= 0.3 is 6.18 Å². The van der Waals surface area contributed by atoms with E-state index in [2.05, 4.69) is 21.2 Å². The number of carbonyl (C=O) groups excluding carboxylic acids is 2. The molecule has 0 aliphatic heterocycles. The van der Waals surface area contributed by atoms with Crippen LogP contribution in [-0.4, -0.2) is 43.8 Å². The van der Waals surface area contributed by atoms with Crippen molar-refractivity contribution in [1.82, 2.24) is 10.2 Å². The van der Waals surface area contributed by atoms with Crippen LogP contribution in [0.3, 0.4) is 0 Å². The van der Waals surface area contributed by atoms with E-state index in [1.807, 2.05) is 19.9 Å². The highest BCUT2D eigenvalue weighted by atomic mass is 79.9. The molecule has 0 saturated heterocycles. The van der Waals surface area contributed by atoms with E-state index in [1.165, 1.54) is 29.2 Å². The van der Waals surface area contributed by atoms with Gasteiger partial charge in [0, 0.05) is 23.5 Å². The number of benzene rings is 4. The highest BCUT2D eigenvalue weighted by molar-refractivity contribution is 9.10. The summed E-state index contributed by atoms with van der Waals surface area (Å²) in [5, 5.41) is 2.62. The quantitative estimate of drug-likeness (QED) is 0.150. The van der Waals surface area contributed by atoms with E-state index in [-0.39, 0.29) is 28.9 Å². The molecule has 2 atom stereocenters. The predicted molar refractivity (Wildman–Crippen MR) is 184 cm³/mol. The Morgan fingerprint density at radius 1 is 0.896 bits per heavy atom. The third kappa shape index (κ3) is 9.39. The molecule has 0 bridgehead atoms. The molecular formula is C35H34BrClF3N3O4S. The largest absolute Gasteiger partial charge is 0.416 e. The van der Waals surface area contributed by atoms with Crippen molar-refractivity contribution in [3.63, 3.8) is 0 Å². The van der Waals surface area contributed by atoms with Gasteiger partial charge in [-0.15, -0.1) is 0 Å². The van der Waals surface area contributed by atoms with Gasteiger partial charge in [-0.1, -0.05) is 95.1 Å². The van der Waals surface area contributed by atoms with Crippen LogP contribution in [0.2, 0.25) is 5.02 Å². The van der Waals surface area contributed by atoms with Gasteiger partial charge in [-0.2, -0.15) is 13.2 Å². The molecule has 48 heavy (non-hydrogen) atoms. The van der Waals surface area contributed by atoms with Crippen LogP contribution in [0.5, 0.6) is 0 Å². The van der Waals surface area contributed by atoms with Gasteiger partial charge in [0.25, 0.3) is 10.0 Å². The second-order valence-corrected chi connectivity index (χ2v) is 14.3. The molecular weight excluding hydrogens is 731 g/mol. The number of sulfonamides is 1. The number of amides is 2. The van der Waals surface area contributed by atoms with Crippen LogP contribution in [0, 0.1) is 0 Å². The standard InChI is InChI=1S/C35H34BrClF3N3O4S/c1-3-24(2)41-34(45)32(20-25-11-6-4-7-12-25)42(22-26-13-10-14-28(36)19-26)33(44)23-43(48(46,47)29-15-8-5-9-16-29)31-21-27(35(38,39)40)17-18-30(31)37/h4-19,21,24,32H,3,20,22-23H2,1-2H3,(H,41,45)/t24-,32+/m1/s1. The lowest BCUT2D eigenvalue weighted by Crippen LogP contribution is -2.54. The molecule has 254 valence electrons. The lowest BCUT2D eigenvalue weighted by Gasteiger charge is -2.34. The molecule has 2 amide bonds. The lowest BCUT2D eigenvalue weighted by atomic mass is 10.0. The summed E-state index contributed by atoms with van der Waals surface area (Å²) in [5.74, 6) is -1.30. The minimum absolute atomic E-state index is 0.0819. The number of rotatable bonds is 13. The Hall–Kier alpha value is -3.87. The second-order valence-electron chi connectivity index (χ2n) is 11.2. The van der Waals surface area contributed by atoms with Crippen molar-refractivity contribution in [2.75, 3.05) is 10.8 Å². The maximum atomic E-state index is 14.5. The van der Waals surface area contributed by atoms with Crippen LogP contribution in [0.1, 0.15) is 37.0 Å². The first-order valence-corrected chi connectivity index (χ1v) is 17.6. The normalized spacial score (nSPS) is 13.0.